The number of amides is 2. The zero-order valence-corrected chi connectivity index (χ0v) is 8.73. The van der Waals surface area contributed by atoms with Gasteiger partial charge in [0, 0.05) is 0 Å². The molecule has 0 aromatic heterocycles. The molecule has 16 heavy (non-hydrogen) atoms. The maximum Gasteiger partial charge on any atom is 0.262 e. The van der Waals surface area contributed by atoms with Gasteiger partial charge in [0.2, 0.25) is 5.91 Å². The van der Waals surface area contributed by atoms with E-state index in [4.69, 9.17) is 15.3 Å². The molecular weight excluding hydrogens is 212 g/mol. The molecule has 0 radical (unpaired) electrons. The van der Waals surface area contributed by atoms with Crippen LogP contribution in [0, 0.1) is 0 Å². The Kier molecular flexibility index (Phi) is 4.14. The quantitative estimate of drug-likeness (QED) is 0.543. The predicted molar refractivity (Wildman–Crippen MR) is 55.6 cm³/mol. The minimum atomic E-state index is -0.721. The molecule has 0 bridgehead atoms. The zero-order chi connectivity index (χ0) is 12.0. The Morgan fingerprint density at radius 1 is 1.31 bits per heavy atom. The Labute approximate surface area is 92.3 Å². The summed E-state index contributed by atoms with van der Waals surface area (Å²) in [6.07, 6.45) is -0.421. The van der Waals surface area contributed by atoms with Crippen LogP contribution in [0.2, 0.25) is 0 Å². The largest absolute Gasteiger partial charge is 0.493 e. The van der Waals surface area contributed by atoms with Crippen LogP contribution < -0.4 is 20.8 Å². The number of methoxy groups -OCH3 is 1. The minimum Gasteiger partial charge on any atom is -0.493 e. The molecule has 2 amide bonds. The van der Waals surface area contributed by atoms with Crippen LogP contribution in [0.4, 0.5) is 0 Å². The number of ether oxygens (including phenoxy) is 1. The fourth-order valence-corrected chi connectivity index (χ4v) is 1.01. The molecule has 0 atom stereocenters. The first kappa shape index (κ1) is 11.8. The molecule has 0 spiro atoms. The van der Waals surface area contributed by atoms with Crippen LogP contribution >= 0.6 is 0 Å². The van der Waals surface area contributed by atoms with Gasteiger partial charge >= 0.3 is 0 Å². The molecule has 0 heterocycles. The molecule has 0 aliphatic rings. The van der Waals surface area contributed by atoms with E-state index in [1.165, 1.54) is 7.11 Å². The third kappa shape index (κ3) is 3.49. The van der Waals surface area contributed by atoms with E-state index in [2.05, 4.69) is 5.48 Å². The topological polar surface area (TPSA) is 90.7 Å². The Bertz CT molecular complexity index is 392. The molecule has 0 saturated heterocycles. The molecule has 0 fully saturated rings. The van der Waals surface area contributed by atoms with Crippen LogP contribution in [0.25, 0.3) is 0 Å². The van der Waals surface area contributed by atoms with Crippen molar-refractivity contribution in [2.45, 2.75) is 6.42 Å². The lowest BCUT2D eigenvalue weighted by molar-refractivity contribution is -0.132. The van der Waals surface area contributed by atoms with Gasteiger partial charge in [0.15, 0.2) is 11.5 Å². The van der Waals surface area contributed by atoms with Gasteiger partial charge in [-0.3, -0.25) is 9.59 Å². The van der Waals surface area contributed by atoms with E-state index >= 15 is 0 Å². The van der Waals surface area contributed by atoms with Gasteiger partial charge in [-0.1, -0.05) is 12.1 Å². The highest BCUT2D eigenvalue weighted by molar-refractivity contribution is 5.95. The van der Waals surface area contributed by atoms with E-state index in [0.717, 1.165) is 0 Å². The van der Waals surface area contributed by atoms with Gasteiger partial charge < -0.3 is 15.3 Å². The number of hydrogen-bond donors (Lipinski definition) is 2. The molecule has 1 aromatic carbocycles. The van der Waals surface area contributed by atoms with Gasteiger partial charge in [0.05, 0.1) is 7.11 Å². The van der Waals surface area contributed by atoms with E-state index in [0.29, 0.717) is 11.5 Å². The highest BCUT2D eigenvalue weighted by atomic mass is 16.7. The van der Waals surface area contributed by atoms with Crippen molar-refractivity contribution < 1.29 is 19.2 Å². The number of hydroxylamine groups is 1. The number of nitrogens with two attached hydrogens (primary N) is 1. The lowest BCUT2D eigenvalue weighted by Gasteiger charge is -2.09. The number of nitrogens with one attached hydrogen (secondary N) is 1. The summed E-state index contributed by atoms with van der Waals surface area (Å²) < 4.78 is 4.99. The lowest BCUT2D eigenvalue weighted by atomic mass is 10.3. The summed E-state index contributed by atoms with van der Waals surface area (Å²) in [4.78, 5) is 26.4. The average Bonchev–Trinajstić information content (AvgIpc) is 2.26. The molecular formula is C10H12N2O4. The van der Waals surface area contributed by atoms with Crippen molar-refractivity contribution in [3.8, 4) is 11.5 Å². The van der Waals surface area contributed by atoms with Crippen LogP contribution in [-0.4, -0.2) is 18.9 Å². The summed E-state index contributed by atoms with van der Waals surface area (Å²) in [6, 6.07) is 6.77. The van der Waals surface area contributed by atoms with Gasteiger partial charge in [0.25, 0.3) is 5.91 Å². The summed E-state index contributed by atoms with van der Waals surface area (Å²) in [5, 5.41) is 0. The van der Waals surface area contributed by atoms with Crippen molar-refractivity contribution in [2.75, 3.05) is 7.11 Å². The molecule has 0 aliphatic heterocycles. The molecule has 3 N–H and O–H groups in total. The van der Waals surface area contributed by atoms with E-state index in [1.54, 1.807) is 24.3 Å². The normalized spacial score (nSPS) is 9.31. The van der Waals surface area contributed by atoms with Crippen LogP contribution in [0.3, 0.4) is 0 Å². The van der Waals surface area contributed by atoms with Crippen LogP contribution in [0.5, 0.6) is 11.5 Å². The SMILES string of the molecule is COc1ccccc1ONC(=O)CC(N)=O. The molecule has 1 rings (SSSR count). The molecule has 6 nitrogen and oxygen atoms in total. The second kappa shape index (κ2) is 5.59. The second-order valence-corrected chi connectivity index (χ2v) is 2.92. The summed E-state index contributed by atoms with van der Waals surface area (Å²) in [5.41, 5.74) is 6.92. The van der Waals surface area contributed by atoms with Crippen LogP contribution in [0.1, 0.15) is 6.42 Å². The van der Waals surface area contributed by atoms with Crippen LogP contribution in [-0.2, 0) is 9.59 Å². The van der Waals surface area contributed by atoms with E-state index < -0.39 is 18.2 Å². The minimum absolute atomic E-state index is 0.350. The van der Waals surface area contributed by atoms with Crippen molar-refractivity contribution in [1.29, 1.82) is 0 Å². The maximum atomic E-state index is 11.0. The van der Waals surface area contributed by atoms with E-state index in [9.17, 15) is 9.59 Å². The number of carbonyl (C=O) groups is 2. The smallest absolute Gasteiger partial charge is 0.262 e. The molecule has 0 saturated carbocycles. The Morgan fingerprint density at radius 3 is 2.50 bits per heavy atom. The van der Waals surface area contributed by atoms with Gasteiger partial charge in [-0.2, -0.15) is 5.48 Å². The average molecular weight is 224 g/mol. The summed E-state index contributed by atoms with van der Waals surface area (Å²) in [6.45, 7) is 0. The van der Waals surface area contributed by atoms with Gasteiger partial charge in [-0.15, -0.1) is 0 Å². The highest BCUT2D eigenvalue weighted by Crippen LogP contribution is 2.24. The maximum absolute atomic E-state index is 11.0. The molecule has 6 heteroatoms. The Balaban J connectivity index is 2.54. The van der Waals surface area contributed by atoms with Gasteiger partial charge in [-0.05, 0) is 12.1 Å². The second-order valence-electron chi connectivity index (χ2n) is 2.92. The third-order valence-corrected chi connectivity index (χ3v) is 1.68. The van der Waals surface area contributed by atoms with Crippen molar-refractivity contribution >= 4 is 11.8 Å². The third-order valence-electron chi connectivity index (χ3n) is 1.68. The summed E-state index contributed by atoms with van der Waals surface area (Å²) >= 11 is 0. The molecule has 0 aliphatic carbocycles. The first-order valence-electron chi connectivity index (χ1n) is 4.50. The number of hydrogen-bond acceptors (Lipinski definition) is 4. The Morgan fingerprint density at radius 2 is 1.94 bits per heavy atom. The van der Waals surface area contributed by atoms with Crippen molar-refractivity contribution in [1.82, 2.24) is 5.48 Å². The first-order chi connectivity index (χ1) is 7.63. The van der Waals surface area contributed by atoms with Crippen molar-refractivity contribution in [2.24, 2.45) is 5.73 Å². The van der Waals surface area contributed by atoms with E-state index in [1.807, 2.05) is 0 Å². The van der Waals surface area contributed by atoms with Crippen molar-refractivity contribution in [3.63, 3.8) is 0 Å². The first-order valence-corrected chi connectivity index (χ1v) is 4.50. The molecule has 86 valence electrons. The summed E-state index contributed by atoms with van der Waals surface area (Å²) in [7, 11) is 1.48. The molecule has 1 aromatic rings. The number of carbonyl (C=O) groups excluding carboxylic acids is 2. The number of para-hydroxylation sites is 2. The predicted octanol–water partition coefficient (Wildman–Crippen LogP) is -0.0194. The zero-order valence-electron chi connectivity index (χ0n) is 8.73. The lowest BCUT2D eigenvalue weighted by Crippen LogP contribution is -2.31. The standard InChI is InChI=1S/C10H12N2O4/c1-15-7-4-2-3-5-8(7)16-12-10(14)6-9(11)13/h2-5H,6H2,1H3,(H2,11,13)(H,12,14). The number of primary amides is 1. The fourth-order valence-electron chi connectivity index (χ4n) is 1.01. The van der Waals surface area contributed by atoms with E-state index in [-0.39, 0.29) is 0 Å². The monoisotopic (exact) mass is 224 g/mol. The fraction of sp³-hybridized carbons (Fsp3) is 0.200. The Hall–Kier alpha value is -2.24. The van der Waals surface area contributed by atoms with Gasteiger partial charge in [0.1, 0.15) is 6.42 Å². The number of rotatable bonds is 5. The highest BCUT2D eigenvalue weighted by Gasteiger charge is 2.08. The number of benzene rings is 1. The van der Waals surface area contributed by atoms with Gasteiger partial charge in [-0.25, -0.2) is 0 Å². The molecule has 0 unspecified atom stereocenters. The van der Waals surface area contributed by atoms with Crippen molar-refractivity contribution in [3.05, 3.63) is 24.3 Å². The van der Waals surface area contributed by atoms with Crippen LogP contribution in [0.15, 0.2) is 24.3 Å². The summed E-state index contributed by atoms with van der Waals surface area (Å²) in [5.74, 6) is -0.510.